The van der Waals surface area contributed by atoms with Crippen LogP contribution in [-0.2, 0) is 13.5 Å². The van der Waals surface area contributed by atoms with Gasteiger partial charge in [-0.3, -0.25) is 9.67 Å². The van der Waals surface area contributed by atoms with Gasteiger partial charge in [-0.25, -0.2) is 0 Å². The summed E-state index contributed by atoms with van der Waals surface area (Å²) in [4.78, 5) is 7.10. The molecular formula is C20H31IN6O. The predicted molar refractivity (Wildman–Crippen MR) is 125 cm³/mol. The number of guanidine groups is 1. The van der Waals surface area contributed by atoms with Crippen LogP contribution in [0.2, 0.25) is 0 Å². The monoisotopic (exact) mass is 498 g/mol. The molecule has 3 rings (SSSR count). The Morgan fingerprint density at radius 1 is 1.36 bits per heavy atom. The zero-order chi connectivity index (χ0) is 19.1. The largest absolute Gasteiger partial charge is 0.495 e. The lowest BCUT2D eigenvalue weighted by molar-refractivity contribution is 0.415. The number of para-hydroxylation sites is 2. The van der Waals surface area contributed by atoms with E-state index in [9.17, 15) is 0 Å². The van der Waals surface area contributed by atoms with E-state index < -0.39 is 0 Å². The Morgan fingerprint density at radius 3 is 2.89 bits per heavy atom. The summed E-state index contributed by atoms with van der Waals surface area (Å²) in [5.41, 5.74) is 2.36. The molecule has 1 aromatic heterocycles. The first-order valence-corrected chi connectivity index (χ1v) is 9.60. The maximum absolute atomic E-state index is 5.50. The minimum absolute atomic E-state index is 0. The molecule has 7 nitrogen and oxygen atoms in total. The van der Waals surface area contributed by atoms with Crippen molar-refractivity contribution in [1.29, 1.82) is 0 Å². The van der Waals surface area contributed by atoms with Crippen LogP contribution in [0.3, 0.4) is 0 Å². The van der Waals surface area contributed by atoms with Crippen molar-refractivity contribution in [3.05, 3.63) is 42.2 Å². The first-order chi connectivity index (χ1) is 13.2. The summed E-state index contributed by atoms with van der Waals surface area (Å²) in [6, 6.07) is 8.56. The van der Waals surface area contributed by atoms with E-state index in [0.29, 0.717) is 6.04 Å². The average molecular weight is 498 g/mol. The standard InChI is InChI=1S/C20H30N6O.HI/c1-4-21-20(22-11-9-16-13-23-25(2)14-16)24-17-10-12-26(15-17)18-7-5-6-8-19(18)27-3;/h5-8,13-14,17H,4,9-12,15H2,1-3H3,(H2,21,22,24);1H. The number of hydrogen-bond donors (Lipinski definition) is 2. The summed E-state index contributed by atoms with van der Waals surface area (Å²) in [6.45, 7) is 5.63. The van der Waals surface area contributed by atoms with E-state index in [1.807, 2.05) is 36.3 Å². The van der Waals surface area contributed by atoms with Crippen molar-refractivity contribution >= 4 is 35.6 Å². The molecule has 2 aromatic rings. The Balaban J connectivity index is 0.00000280. The summed E-state index contributed by atoms with van der Waals surface area (Å²) in [7, 11) is 3.66. The molecule has 0 bridgehead atoms. The smallest absolute Gasteiger partial charge is 0.191 e. The minimum atomic E-state index is 0. The van der Waals surface area contributed by atoms with Gasteiger partial charge in [-0.2, -0.15) is 5.10 Å². The van der Waals surface area contributed by atoms with Crippen LogP contribution in [0.15, 0.2) is 41.7 Å². The van der Waals surface area contributed by atoms with Crippen LogP contribution in [0.25, 0.3) is 0 Å². The molecule has 1 aliphatic rings. The highest BCUT2D eigenvalue weighted by molar-refractivity contribution is 14.0. The number of aliphatic imine (C=N–C) groups is 1. The van der Waals surface area contributed by atoms with E-state index in [0.717, 1.165) is 56.4 Å². The van der Waals surface area contributed by atoms with Gasteiger partial charge in [-0.15, -0.1) is 24.0 Å². The van der Waals surface area contributed by atoms with Crippen LogP contribution in [0.4, 0.5) is 5.69 Å². The van der Waals surface area contributed by atoms with Crippen LogP contribution >= 0.6 is 24.0 Å². The third-order valence-electron chi connectivity index (χ3n) is 4.73. The Kier molecular flexibility index (Phi) is 8.88. The van der Waals surface area contributed by atoms with Gasteiger partial charge in [-0.05, 0) is 37.5 Å². The maximum Gasteiger partial charge on any atom is 0.191 e. The average Bonchev–Trinajstić information content (AvgIpc) is 3.31. The SMILES string of the molecule is CCNC(=NCCc1cnn(C)c1)NC1CCN(c2ccccc2OC)C1.I. The summed E-state index contributed by atoms with van der Waals surface area (Å²) < 4.78 is 7.33. The first kappa shape index (κ1) is 22.3. The molecule has 1 aromatic carbocycles. The van der Waals surface area contributed by atoms with Crippen molar-refractivity contribution in [2.75, 3.05) is 38.2 Å². The molecule has 2 heterocycles. The fourth-order valence-corrected chi connectivity index (χ4v) is 3.40. The van der Waals surface area contributed by atoms with Crippen molar-refractivity contribution < 1.29 is 4.74 Å². The van der Waals surface area contributed by atoms with Crippen LogP contribution in [0.1, 0.15) is 18.9 Å². The van der Waals surface area contributed by atoms with E-state index in [1.165, 1.54) is 5.56 Å². The molecule has 0 spiro atoms. The number of hydrogen-bond acceptors (Lipinski definition) is 4. The molecule has 0 saturated carbocycles. The Morgan fingerprint density at radius 2 is 2.18 bits per heavy atom. The molecule has 28 heavy (non-hydrogen) atoms. The second-order valence-corrected chi connectivity index (χ2v) is 6.78. The predicted octanol–water partition coefficient (Wildman–Crippen LogP) is 2.42. The highest BCUT2D eigenvalue weighted by Gasteiger charge is 2.25. The van der Waals surface area contributed by atoms with Crippen molar-refractivity contribution in [2.24, 2.45) is 12.0 Å². The molecule has 2 N–H and O–H groups in total. The lowest BCUT2D eigenvalue weighted by Gasteiger charge is -2.22. The maximum atomic E-state index is 5.50. The zero-order valence-electron chi connectivity index (χ0n) is 16.9. The van der Waals surface area contributed by atoms with Crippen LogP contribution < -0.4 is 20.3 Å². The molecule has 1 unspecified atom stereocenters. The van der Waals surface area contributed by atoms with Crippen LogP contribution in [0, 0.1) is 0 Å². The topological polar surface area (TPSA) is 66.7 Å². The number of nitrogens with zero attached hydrogens (tertiary/aromatic N) is 4. The molecular weight excluding hydrogens is 467 g/mol. The third-order valence-corrected chi connectivity index (χ3v) is 4.73. The van der Waals surface area contributed by atoms with E-state index in [4.69, 9.17) is 9.73 Å². The summed E-state index contributed by atoms with van der Waals surface area (Å²) in [6.07, 6.45) is 5.91. The van der Waals surface area contributed by atoms with Gasteiger partial charge in [0.15, 0.2) is 5.96 Å². The Hall–Kier alpha value is -1.97. The van der Waals surface area contributed by atoms with E-state index in [2.05, 4.69) is 39.7 Å². The molecule has 0 amide bonds. The van der Waals surface area contributed by atoms with Gasteiger partial charge < -0.3 is 20.3 Å². The summed E-state index contributed by atoms with van der Waals surface area (Å²) in [5.74, 6) is 1.81. The number of nitrogens with one attached hydrogen (secondary N) is 2. The minimum Gasteiger partial charge on any atom is -0.495 e. The second kappa shape index (κ2) is 11.1. The number of anilines is 1. The molecule has 0 aliphatic carbocycles. The second-order valence-electron chi connectivity index (χ2n) is 6.78. The van der Waals surface area contributed by atoms with Crippen LogP contribution in [-0.4, -0.2) is 55.1 Å². The van der Waals surface area contributed by atoms with Gasteiger partial charge in [0.05, 0.1) is 19.0 Å². The number of halogens is 1. The molecule has 1 saturated heterocycles. The van der Waals surface area contributed by atoms with Crippen molar-refractivity contribution in [1.82, 2.24) is 20.4 Å². The van der Waals surface area contributed by atoms with Crippen molar-refractivity contribution in [3.63, 3.8) is 0 Å². The number of aryl methyl sites for hydroxylation is 1. The molecule has 0 radical (unpaired) electrons. The van der Waals surface area contributed by atoms with Gasteiger partial charge >= 0.3 is 0 Å². The number of aromatic nitrogens is 2. The van der Waals surface area contributed by atoms with Crippen molar-refractivity contribution in [3.8, 4) is 5.75 Å². The van der Waals surface area contributed by atoms with Gasteiger partial charge in [0, 0.05) is 45.5 Å². The molecule has 1 atom stereocenters. The summed E-state index contributed by atoms with van der Waals surface area (Å²) >= 11 is 0. The van der Waals surface area contributed by atoms with Gasteiger partial charge in [0.1, 0.15) is 5.75 Å². The molecule has 154 valence electrons. The van der Waals surface area contributed by atoms with E-state index in [-0.39, 0.29) is 24.0 Å². The van der Waals surface area contributed by atoms with E-state index >= 15 is 0 Å². The lowest BCUT2D eigenvalue weighted by atomic mass is 10.2. The zero-order valence-corrected chi connectivity index (χ0v) is 19.2. The van der Waals surface area contributed by atoms with E-state index in [1.54, 1.807) is 7.11 Å². The van der Waals surface area contributed by atoms with Gasteiger partial charge in [0.2, 0.25) is 0 Å². The Labute approximate surface area is 184 Å². The number of methoxy groups -OCH3 is 1. The highest BCUT2D eigenvalue weighted by atomic mass is 127. The number of rotatable bonds is 7. The molecule has 1 fully saturated rings. The summed E-state index contributed by atoms with van der Waals surface area (Å²) in [5, 5.41) is 11.1. The third kappa shape index (κ3) is 6.02. The lowest BCUT2D eigenvalue weighted by Crippen LogP contribution is -2.44. The van der Waals surface area contributed by atoms with Gasteiger partial charge in [0.25, 0.3) is 0 Å². The molecule has 1 aliphatic heterocycles. The van der Waals surface area contributed by atoms with Gasteiger partial charge in [-0.1, -0.05) is 12.1 Å². The van der Waals surface area contributed by atoms with Crippen molar-refractivity contribution in [2.45, 2.75) is 25.8 Å². The Bertz CT molecular complexity index is 763. The number of ether oxygens (including phenoxy) is 1. The number of benzene rings is 1. The molecule has 8 heteroatoms. The first-order valence-electron chi connectivity index (χ1n) is 9.60. The highest BCUT2D eigenvalue weighted by Crippen LogP contribution is 2.30. The normalized spacial score (nSPS) is 16.6. The van der Waals surface area contributed by atoms with Crippen LogP contribution in [0.5, 0.6) is 5.75 Å². The fourth-order valence-electron chi connectivity index (χ4n) is 3.40. The quantitative estimate of drug-likeness (QED) is 0.349. The fraction of sp³-hybridized carbons (Fsp3) is 0.500.